The van der Waals surface area contributed by atoms with Gasteiger partial charge in [0, 0.05) is 17.5 Å². The van der Waals surface area contributed by atoms with E-state index < -0.39 is 16.4 Å². The summed E-state index contributed by atoms with van der Waals surface area (Å²) in [6.07, 6.45) is 3.29. The number of aromatic nitrogens is 3. The predicted octanol–water partition coefficient (Wildman–Crippen LogP) is 2.63. The third-order valence-corrected chi connectivity index (χ3v) is 3.77. The molecule has 0 aliphatic carbocycles. The Bertz CT molecular complexity index is 788. The molecule has 0 unspecified atom stereocenters. The second-order valence-corrected chi connectivity index (χ2v) is 5.88. The zero-order valence-electron chi connectivity index (χ0n) is 13.6. The highest BCUT2D eigenvalue weighted by Gasteiger charge is 2.19. The number of phenolic OH excluding ortho intramolecular Hbond substituents is 1. The number of hydrogen-bond donors (Lipinski definition) is 1. The van der Waals surface area contributed by atoms with Crippen molar-refractivity contribution in [3.05, 3.63) is 33.6 Å². The summed E-state index contributed by atoms with van der Waals surface area (Å²) >= 11 is 1.39. The second-order valence-electron chi connectivity index (χ2n) is 5.10. The van der Waals surface area contributed by atoms with Crippen LogP contribution in [0.5, 0.6) is 11.5 Å². The van der Waals surface area contributed by atoms with Crippen LogP contribution in [0.15, 0.2) is 22.4 Å². The summed E-state index contributed by atoms with van der Waals surface area (Å²) in [5.41, 5.74) is -0.0412. The molecule has 128 valence electrons. The van der Waals surface area contributed by atoms with Crippen LogP contribution in [0.4, 0.5) is 5.69 Å². The van der Waals surface area contributed by atoms with Gasteiger partial charge in [-0.15, -0.1) is 10.2 Å². The van der Waals surface area contributed by atoms with Crippen molar-refractivity contribution in [2.75, 3.05) is 13.4 Å². The molecule has 10 heteroatoms. The minimum Gasteiger partial charge on any atom is -0.500 e. The van der Waals surface area contributed by atoms with Crippen molar-refractivity contribution in [3.8, 4) is 11.5 Å². The number of hydrogen-bond acceptors (Lipinski definition) is 8. The van der Waals surface area contributed by atoms with Crippen molar-refractivity contribution >= 4 is 23.7 Å². The first-order valence-corrected chi connectivity index (χ1v) is 8.20. The van der Waals surface area contributed by atoms with Crippen LogP contribution in [0.25, 0.3) is 0 Å². The lowest BCUT2D eigenvalue weighted by molar-refractivity contribution is -0.386. The highest BCUT2D eigenvalue weighted by molar-refractivity contribution is 7.98. The third kappa shape index (κ3) is 3.48. The lowest BCUT2D eigenvalue weighted by Gasteiger charge is -2.07. The highest BCUT2D eigenvalue weighted by atomic mass is 32.2. The molecule has 0 atom stereocenters. The zero-order valence-corrected chi connectivity index (χ0v) is 14.4. The molecule has 1 aromatic carbocycles. The van der Waals surface area contributed by atoms with E-state index in [1.807, 2.05) is 20.1 Å². The van der Waals surface area contributed by atoms with E-state index in [1.165, 1.54) is 37.2 Å². The van der Waals surface area contributed by atoms with Crippen LogP contribution in [-0.4, -0.2) is 44.5 Å². The lowest BCUT2D eigenvalue weighted by Crippen LogP contribution is -2.02. The molecule has 0 amide bonds. The Morgan fingerprint density at radius 3 is 2.71 bits per heavy atom. The van der Waals surface area contributed by atoms with Gasteiger partial charge in [0.1, 0.15) is 0 Å². The first kappa shape index (κ1) is 17.7. The van der Waals surface area contributed by atoms with Gasteiger partial charge in [-0.05, 0) is 12.3 Å². The summed E-state index contributed by atoms with van der Waals surface area (Å²) in [7, 11) is 1.32. The molecule has 0 radical (unpaired) electrons. The molecule has 0 aliphatic rings. The maximum Gasteiger partial charge on any atom is 0.315 e. The molecule has 1 heterocycles. The number of nitrogens with zero attached hydrogens (tertiary/aromatic N) is 5. The third-order valence-electron chi connectivity index (χ3n) is 3.15. The normalized spacial score (nSPS) is 11.4. The van der Waals surface area contributed by atoms with E-state index in [0.29, 0.717) is 16.5 Å². The summed E-state index contributed by atoms with van der Waals surface area (Å²) in [6, 6.07) is 2.68. The van der Waals surface area contributed by atoms with Gasteiger partial charge in [0.05, 0.1) is 18.2 Å². The number of thioether (sulfide) groups is 1. The Labute approximate surface area is 142 Å². The van der Waals surface area contributed by atoms with Gasteiger partial charge in [-0.1, -0.05) is 25.6 Å². The minimum atomic E-state index is -0.680. The molecule has 0 aliphatic heterocycles. The number of nitro groups is 1. The Kier molecular flexibility index (Phi) is 5.39. The number of methoxy groups -OCH3 is 1. The van der Waals surface area contributed by atoms with Crippen molar-refractivity contribution in [1.29, 1.82) is 0 Å². The molecule has 1 aromatic heterocycles. The molecule has 2 aromatic rings. The van der Waals surface area contributed by atoms with Gasteiger partial charge >= 0.3 is 5.69 Å². The largest absolute Gasteiger partial charge is 0.500 e. The smallest absolute Gasteiger partial charge is 0.315 e. The highest BCUT2D eigenvalue weighted by Crippen LogP contribution is 2.36. The first-order valence-electron chi connectivity index (χ1n) is 6.98. The molecule has 0 saturated heterocycles. The Balaban J connectivity index is 2.48. The molecule has 0 spiro atoms. The van der Waals surface area contributed by atoms with Gasteiger partial charge in [-0.2, -0.15) is 9.78 Å². The number of ether oxygens (including phenoxy) is 1. The summed E-state index contributed by atoms with van der Waals surface area (Å²) in [4.78, 5) is 10.4. The molecule has 0 fully saturated rings. The van der Waals surface area contributed by atoms with E-state index in [4.69, 9.17) is 4.74 Å². The van der Waals surface area contributed by atoms with Crippen LogP contribution >= 0.6 is 11.8 Å². The summed E-state index contributed by atoms with van der Waals surface area (Å²) in [5, 5.41) is 33.9. The van der Waals surface area contributed by atoms with Gasteiger partial charge in [0.2, 0.25) is 10.9 Å². The van der Waals surface area contributed by atoms with Crippen LogP contribution in [0.1, 0.15) is 31.2 Å². The van der Waals surface area contributed by atoms with E-state index >= 15 is 0 Å². The molecule has 24 heavy (non-hydrogen) atoms. The summed E-state index contributed by atoms with van der Waals surface area (Å²) in [5.74, 6) is 0.273. The predicted molar refractivity (Wildman–Crippen MR) is 90.2 cm³/mol. The standard InChI is InChI=1S/C14H17N5O4S/c1-8(2)13-16-17-14(24-4)18(13)15-7-9-5-10(19(21)22)12(20)11(6-9)23-3/h5-8,20H,1-4H3/b15-7-. The van der Waals surface area contributed by atoms with Crippen molar-refractivity contribution in [3.63, 3.8) is 0 Å². The average Bonchev–Trinajstić information content (AvgIpc) is 2.96. The van der Waals surface area contributed by atoms with Gasteiger partial charge in [0.25, 0.3) is 0 Å². The maximum atomic E-state index is 11.0. The van der Waals surface area contributed by atoms with Crippen LogP contribution in [-0.2, 0) is 0 Å². The minimum absolute atomic E-state index is 0.00331. The monoisotopic (exact) mass is 351 g/mol. The van der Waals surface area contributed by atoms with E-state index in [0.717, 1.165) is 0 Å². The maximum absolute atomic E-state index is 11.0. The van der Waals surface area contributed by atoms with Crippen molar-refractivity contribution in [2.45, 2.75) is 24.9 Å². The molecule has 1 N–H and O–H groups in total. The fraction of sp³-hybridized carbons (Fsp3) is 0.357. The fourth-order valence-corrected chi connectivity index (χ4v) is 2.42. The van der Waals surface area contributed by atoms with E-state index in [9.17, 15) is 15.2 Å². The Hall–Kier alpha value is -2.62. The summed E-state index contributed by atoms with van der Waals surface area (Å²) < 4.78 is 6.55. The zero-order chi connectivity index (χ0) is 17.9. The quantitative estimate of drug-likeness (QED) is 0.368. The topological polar surface area (TPSA) is 116 Å². The number of benzene rings is 1. The molecular weight excluding hydrogens is 334 g/mol. The van der Waals surface area contributed by atoms with Crippen LogP contribution in [0, 0.1) is 10.1 Å². The SMILES string of the molecule is COc1cc(/C=N\n2c(SC)nnc2C(C)C)cc([N+](=O)[O-])c1O. The van der Waals surface area contributed by atoms with Crippen molar-refractivity contribution in [1.82, 2.24) is 14.9 Å². The van der Waals surface area contributed by atoms with Gasteiger partial charge in [0.15, 0.2) is 11.6 Å². The molecule has 9 nitrogen and oxygen atoms in total. The average molecular weight is 351 g/mol. The van der Waals surface area contributed by atoms with Crippen LogP contribution in [0.3, 0.4) is 0 Å². The van der Waals surface area contributed by atoms with Gasteiger partial charge in [-0.3, -0.25) is 10.1 Å². The van der Waals surface area contributed by atoms with Crippen LogP contribution in [0.2, 0.25) is 0 Å². The number of rotatable bonds is 6. The number of aromatic hydroxyl groups is 1. The Morgan fingerprint density at radius 2 is 2.17 bits per heavy atom. The molecule has 2 rings (SSSR count). The van der Waals surface area contributed by atoms with Crippen LogP contribution < -0.4 is 4.74 Å². The molecule has 0 bridgehead atoms. The van der Waals surface area contributed by atoms with Crippen molar-refractivity contribution in [2.24, 2.45) is 5.10 Å². The number of nitro benzene ring substituents is 1. The van der Waals surface area contributed by atoms with E-state index in [-0.39, 0.29) is 11.7 Å². The number of phenols is 1. The van der Waals surface area contributed by atoms with E-state index in [2.05, 4.69) is 15.3 Å². The van der Waals surface area contributed by atoms with Crippen molar-refractivity contribution < 1.29 is 14.8 Å². The summed E-state index contributed by atoms with van der Waals surface area (Å²) in [6.45, 7) is 3.93. The van der Waals surface area contributed by atoms with Gasteiger partial charge in [-0.25, -0.2) is 0 Å². The second kappa shape index (κ2) is 7.30. The van der Waals surface area contributed by atoms with E-state index in [1.54, 1.807) is 4.68 Å². The Morgan fingerprint density at radius 1 is 1.46 bits per heavy atom. The van der Waals surface area contributed by atoms with Gasteiger partial charge < -0.3 is 9.84 Å². The molecular formula is C14H17N5O4S. The fourth-order valence-electron chi connectivity index (χ4n) is 1.98. The molecule has 0 saturated carbocycles. The first-order chi connectivity index (χ1) is 11.4. The lowest BCUT2D eigenvalue weighted by atomic mass is 10.2.